The number of carboxylic acids is 1. The van der Waals surface area contributed by atoms with Crippen molar-refractivity contribution in [2.75, 3.05) is 50.5 Å². The van der Waals surface area contributed by atoms with Gasteiger partial charge in [-0.2, -0.15) is 0 Å². The van der Waals surface area contributed by atoms with Crippen LogP contribution in [0.4, 0.5) is 10.9 Å². The number of rotatable bonds is 14. The van der Waals surface area contributed by atoms with Gasteiger partial charge in [0.15, 0.2) is 5.13 Å². The molecule has 3 heterocycles. The first-order valence-corrected chi connectivity index (χ1v) is 13.2. The summed E-state index contributed by atoms with van der Waals surface area (Å²) in [7, 11) is 1.70. The number of thiazole rings is 1. The number of ether oxygens (including phenoxy) is 1. The molecule has 0 saturated carbocycles. The maximum absolute atomic E-state index is 11.9. The number of aliphatic carboxylic acids is 1. The summed E-state index contributed by atoms with van der Waals surface area (Å²) in [5.41, 5.74) is 3.33. The average Bonchev–Trinajstić information content (AvgIpc) is 3.29. The number of carbonyl (C=O) groups is 1. The molecule has 1 aliphatic rings. The van der Waals surface area contributed by atoms with Crippen LogP contribution in [-0.4, -0.2) is 71.9 Å². The minimum Gasteiger partial charge on any atom is -0.480 e. The maximum Gasteiger partial charge on any atom is 0.326 e. The number of nitrogens with one attached hydrogen (secondary N) is 2. The Hall–Kier alpha value is -2.75. The Kier molecular flexibility index (Phi) is 9.28. The molecular formula is C26H35N5O3S. The number of carboxylic acid groups (broad SMARTS) is 1. The van der Waals surface area contributed by atoms with E-state index in [4.69, 9.17) is 9.72 Å². The van der Waals surface area contributed by atoms with Gasteiger partial charge in [0.1, 0.15) is 11.9 Å². The van der Waals surface area contributed by atoms with Crippen LogP contribution in [0, 0.1) is 0 Å². The Morgan fingerprint density at radius 2 is 2.09 bits per heavy atom. The van der Waals surface area contributed by atoms with E-state index in [-0.39, 0.29) is 0 Å². The fraction of sp³-hybridized carbons (Fsp3) is 0.500. The number of aryl methyl sites for hydroxylation is 2. The summed E-state index contributed by atoms with van der Waals surface area (Å²) in [5.74, 6) is 0.193. The van der Waals surface area contributed by atoms with Gasteiger partial charge >= 0.3 is 5.97 Å². The summed E-state index contributed by atoms with van der Waals surface area (Å²) >= 11 is 1.48. The van der Waals surface area contributed by atoms with Gasteiger partial charge in [0.2, 0.25) is 0 Å². The molecule has 2 aromatic heterocycles. The van der Waals surface area contributed by atoms with Crippen LogP contribution in [0.25, 0.3) is 10.2 Å². The van der Waals surface area contributed by atoms with Crippen molar-refractivity contribution >= 4 is 38.5 Å². The van der Waals surface area contributed by atoms with Crippen molar-refractivity contribution in [1.82, 2.24) is 14.9 Å². The Balaban J connectivity index is 1.26. The highest BCUT2D eigenvalue weighted by Gasteiger charge is 2.20. The normalized spacial score (nSPS) is 14.0. The third-order valence-corrected chi connectivity index (χ3v) is 7.31. The fourth-order valence-corrected chi connectivity index (χ4v) is 5.28. The molecule has 0 saturated heterocycles. The number of benzene rings is 1. The summed E-state index contributed by atoms with van der Waals surface area (Å²) in [6, 6.07) is 11.5. The van der Waals surface area contributed by atoms with Crippen molar-refractivity contribution in [1.29, 1.82) is 0 Å². The average molecular weight is 498 g/mol. The SMILES string of the molecule is COCCN(CCCCc1ccc2c(n1)NCCC2)CCC(Nc1nc2ccccc2s1)C(=O)O. The van der Waals surface area contributed by atoms with Crippen LogP contribution in [0.1, 0.15) is 36.9 Å². The van der Waals surface area contributed by atoms with E-state index in [9.17, 15) is 9.90 Å². The van der Waals surface area contributed by atoms with Gasteiger partial charge in [-0.3, -0.25) is 0 Å². The van der Waals surface area contributed by atoms with Crippen LogP contribution in [-0.2, 0) is 22.4 Å². The van der Waals surface area contributed by atoms with Gasteiger partial charge in [0.25, 0.3) is 0 Å². The number of hydrogen-bond acceptors (Lipinski definition) is 8. The lowest BCUT2D eigenvalue weighted by Crippen LogP contribution is -2.36. The lowest BCUT2D eigenvalue weighted by molar-refractivity contribution is -0.138. The Morgan fingerprint density at radius 1 is 1.20 bits per heavy atom. The summed E-state index contributed by atoms with van der Waals surface area (Å²) in [6.07, 6.45) is 5.79. The lowest BCUT2D eigenvalue weighted by atomic mass is 10.1. The van der Waals surface area contributed by atoms with Gasteiger partial charge in [0, 0.05) is 32.4 Å². The van der Waals surface area contributed by atoms with Crippen LogP contribution in [0.2, 0.25) is 0 Å². The molecule has 188 valence electrons. The molecule has 0 radical (unpaired) electrons. The number of aromatic nitrogens is 2. The number of para-hydroxylation sites is 1. The highest BCUT2D eigenvalue weighted by atomic mass is 32.1. The Labute approximate surface area is 210 Å². The number of hydrogen-bond donors (Lipinski definition) is 3. The Bertz CT molecular complexity index is 1070. The van der Waals surface area contributed by atoms with Crippen molar-refractivity contribution in [3.05, 3.63) is 47.7 Å². The van der Waals surface area contributed by atoms with Gasteiger partial charge in [0.05, 0.1) is 16.8 Å². The first kappa shape index (κ1) is 25.3. The van der Waals surface area contributed by atoms with Gasteiger partial charge in [-0.15, -0.1) is 0 Å². The fourth-order valence-electron chi connectivity index (χ4n) is 4.36. The van der Waals surface area contributed by atoms with Gasteiger partial charge < -0.3 is 25.4 Å². The maximum atomic E-state index is 11.9. The van der Waals surface area contributed by atoms with Crippen LogP contribution in [0.3, 0.4) is 0 Å². The molecule has 3 aromatic rings. The molecule has 0 fully saturated rings. The summed E-state index contributed by atoms with van der Waals surface area (Å²) in [6.45, 7) is 3.99. The molecule has 0 amide bonds. The van der Waals surface area contributed by atoms with Crippen molar-refractivity contribution in [3.63, 3.8) is 0 Å². The highest BCUT2D eigenvalue weighted by Crippen LogP contribution is 2.26. The number of nitrogens with zero attached hydrogens (tertiary/aromatic N) is 3. The molecule has 4 rings (SSSR count). The van der Waals surface area contributed by atoms with E-state index in [0.29, 0.717) is 24.7 Å². The third-order valence-electron chi connectivity index (χ3n) is 6.34. The molecule has 0 spiro atoms. The molecule has 1 atom stereocenters. The molecule has 8 nitrogen and oxygen atoms in total. The van der Waals surface area contributed by atoms with Gasteiger partial charge in [-0.25, -0.2) is 14.8 Å². The highest BCUT2D eigenvalue weighted by molar-refractivity contribution is 7.22. The van der Waals surface area contributed by atoms with E-state index < -0.39 is 12.0 Å². The van der Waals surface area contributed by atoms with E-state index in [1.165, 1.54) is 23.3 Å². The minimum absolute atomic E-state index is 0.493. The summed E-state index contributed by atoms with van der Waals surface area (Å²) < 4.78 is 6.33. The smallest absolute Gasteiger partial charge is 0.326 e. The van der Waals surface area contributed by atoms with Gasteiger partial charge in [-0.05, 0) is 68.8 Å². The number of methoxy groups -OCH3 is 1. The van der Waals surface area contributed by atoms with E-state index in [0.717, 1.165) is 67.0 Å². The first-order valence-electron chi connectivity index (χ1n) is 12.4. The predicted octanol–water partition coefficient (Wildman–Crippen LogP) is 4.28. The molecule has 0 aliphatic carbocycles. The molecule has 9 heteroatoms. The second-order valence-corrected chi connectivity index (χ2v) is 9.97. The first-order chi connectivity index (χ1) is 17.1. The number of pyridine rings is 1. The molecule has 35 heavy (non-hydrogen) atoms. The number of fused-ring (bicyclic) bond motifs is 2. The van der Waals surface area contributed by atoms with Crippen molar-refractivity contribution in [3.8, 4) is 0 Å². The largest absolute Gasteiger partial charge is 0.480 e. The van der Waals surface area contributed by atoms with Crippen molar-refractivity contribution in [2.45, 2.75) is 44.6 Å². The molecule has 1 unspecified atom stereocenters. The van der Waals surface area contributed by atoms with E-state index in [2.05, 4.69) is 32.7 Å². The zero-order chi connectivity index (χ0) is 24.5. The molecule has 0 bridgehead atoms. The molecular weight excluding hydrogens is 462 g/mol. The molecule has 1 aliphatic heterocycles. The quantitative estimate of drug-likeness (QED) is 0.284. The standard InChI is InChI=1S/C26H35N5O3S/c1-34-18-17-31(15-5-4-8-20-12-11-19-7-6-14-27-24(19)28-20)16-13-22(25(32)33)30-26-29-21-9-2-3-10-23(21)35-26/h2-3,9-12,22H,4-8,13-18H2,1H3,(H,27,28)(H,29,30)(H,32,33). The van der Waals surface area contributed by atoms with Crippen LogP contribution < -0.4 is 10.6 Å². The zero-order valence-electron chi connectivity index (χ0n) is 20.3. The zero-order valence-corrected chi connectivity index (χ0v) is 21.1. The monoisotopic (exact) mass is 497 g/mol. The second kappa shape index (κ2) is 12.8. The molecule has 3 N–H and O–H groups in total. The minimum atomic E-state index is -0.858. The topological polar surface area (TPSA) is 99.6 Å². The third kappa shape index (κ3) is 7.37. The Morgan fingerprint density at radius 3 is 2.91 bits per heavy atom. The van der Waals surface area contributed by atoms with Crippen LogP contribution in [0.5, 0.6) is 0 Å². The summed E-state index contributed by atoms with van der Waals surface area (Å²) in [4.78, 5) is 23.5. The second-order valence-electron chi connectivity index (χ2n) is 8.94. The van der Waals surface area contributed by atoms with E-state index in [1.54, 1.807) is 7.11 Å². The molecule has 1 aromatic carbocycles. The van der Waals surface area contributed by atoms with E-state index in [1.807, 2.05) is 24.3 Å². The number of unbranched alkanes of at least 4 members (excludes halogenated alkanes) is 1. The number of anilines is 2. The predicted molar refractivity (Wildman–Crippen MR) is 142 cm³/mol. The lowest BCUT2D eigenvalue weighted by Gasteiger charge is -2.24. The van der Waals surface area contributed by atoms with Crippen LogP contribution in [0.15, 0.2) is 36.4 Å². The van der Waals surface area contributed by atoms with E-state index >= 15 is 0 Å². The van der Waals surface area contributed by atoms with Gasteiger partial charge in [-0.1, -0.05) is 29.5 Å². The summed E-state index contributed by atoms with van der Waals surface area (Å²) in [5, 5.41) is 17.0. The van der Waals surface area contributed by atoms with Crippen molar-refractivity contribution < 1.29 is 14.6 Å². The van der Waals surface area contributed by atoms with Crippen molar-refractivity contribution in [2.24, 2.45) is 0 Å². The van der Waals surface area contributed by atoms with Crippen LogP contribution >= 0.6 is 11.3 Å².